The van der Waals surface area contributed by atoms with Crippen LogP contribution in [0.3, 0.4) is 0 Å². The van der Waals surface area contributed by atoms with Crippen molar-refractivity contribution in [3.8, 4) is 11.5 Å². The maximum atomic E-state index is 13.6. The van der Waals surface area contributed by atoms with Crippen molar-refractivity contribution in [1.82, 2.24) is 0 Å². The molecule has 2 N–H and O–H groups in total. The van der Waals surface area contributed by atoms with Crippen LogP contribution < -0.4 is 15.2 Å². The smallest absolute Gasteiger partial charge is 0.165 e. The second-order valence-corrected chi connectivity index (χ2v) is 4.75. The minimum atomic E-state index is -0.565. The Morgan fingerprint density at radius 2 is 1.81 bits per heavy atom. The first-order valence-corrected chi connectivity index (χ1v) is 6.49. The lowest BCUT2D eigenvalue weighted by molar-refractivity contribution is 0.276. The Morgan fingerprint density at radius 3 is 2.48 bits per heavy atom. The zero-order valence-corrected chi connectivity index (χ0v) is 11.9. The van der Waals surface area contributed by atoms with Crippen LogP contribution >= 0.6 is 0 Å². The third-order valence-corrected chi connectivity index (χ3v) is 3.11. The predicted octanol–water partition coefficient (Wildman–Crippen LogP) is 3.36. The van der Waals surface area contributed by atoms with Gasteiger partial charge >= 0.3 is 0 Å². The normalized spacial score (nSPS) is 12.0. The van der Waals surface area contributed by atoms with Gasteiger partial charge in [-0.2, -0.15) is 0 Å². The molecule has 5 heteroatoms. The molecule has 1 atom stereocenters. The molecule has 0 saturated carbocycles. The van der Waals surface area contributed by atoms with E-state index < -0.39 is 17.7 Å². The van der Waals surface area contributed by atoms with Gasteiger partial charge in [0, 0.05) is 0 Å². The molecule has 0 radical (unpaired) electrons. The Kier molecular flexibility index (Phi) is 4.75. The van der Waals surface area contributed by atoms with Crippen molar-refractivity contribution in [3.05, 3.63) is 59.2 Å². The molecular formula is C16H17F2NO2. The summed E-state index contributed by atoms with van der Waals surface area (Å²) in [6.07, 6.45) is 0. The van der Waals surface area contributed by atoms with E-state index in [1.807, 2.05) is 6.92 Å². The highest BCUT2D eigenvalue weighted by atomic mass is 19.1. The minimum absolute atomic E-state index is 0.0478. The Hall–Kier alpha value is -2.14. The van der Waals surface area contributed by atoms with E-state index in [4.69, 9.17) is 15.2 Å². The fourth-order valence-corrected chi connectivity index (χ4v) is 1.91. The summed E-state index contributed by atoms with van der Waals surface area (Å²) >= 11 is 0. The maximum absolute atomic E-state index is 13.6. The molecular weight excluding hydrogens is 276 g/mol. The second kappa shape index (κ2) is 6.54. The van der Waals surface area contributed by atoms with Gasteiger partial charge in [-0.3, -0.25) is 0 Å². The molecule has 0 bridgehead atoms. The molecule has 1 unspecified atom stereocenters. The van der Waals surface area contributed by atoms with Crippen molar-refractivity contribution in [1.29, 1.82) is 0 Å². The third kappa shape index (κ3) is 3.70. The van der Waals surface area contributed by atoms with Gasteiger partial charge in [-0.25, -0.2) is 8.78 Å². The summed E-state index contributed by atoms with van der Waals surface area (Å²) in [7, 11) is 1.39. The van der Waals surface area contributed by atoms with E-state index >= 15 is 0 Å². The van der Waals surface area contributed by atoms with Crippen molar-refractivity contribution in [2.45, 2.75) is 13.0 Å². The summed E-state index contributed by atoms with van der Waals surface area (Å²) in [5, 5.41) is 0. The van der Waals surface area contributed by atoms with E-state index in [2.05, 4.69) is 0 Å². The molecule has 0 amide bonds. The summed E-state index contributed by atoms with van der Waals surface area (Å²) in [6.45, 7) is 1.89. The molecule has 21 heavy (non-hydrogen) atoms. The van der Waals surface area contributed by atoms with Crippen LogP contribution in [0.15, 0.2) is 36.4 Å². The molecule has 0 aliphatic heterocycles. The number of hydrogen-bond donors (Lipinski definition) is 1. The number of benzene rings is 2. The van der Waals surface area contributed by atoms with Crippen molar-refractivity contribution in [3.63, 3.8) is 0 Å². The molecule has 0 aliphatic rings. The van der Waals surface area contributed by atoms with E-state index in [1.165, 1.54) is 25.3 Å². The van der Waals surface area contributed by atoms with Crippen molar-refractivity contribution >= 4 is 0 Å². The van der Waals surface area contributed by atoms with Crippen LogP contribution in [0.2, 0.25) is 0 Å². The number of methoxy groups -OCH3 is 1. The van der Waals surface area contributed by atoms with Gasteiger partial charge in [-0.05, 0) is 42.3 Å². The van der Waals surface area contributed by atoms with Crippen LogP contribution in [0, 0.1) is 18.6 Å². The fraction of sp³-hybridized carbons (Fsp3) is 0.250. The quantitative estimate of drug-likeness (QED) is 0.919. The van der Waals surface area contributed by atoms with Gasteiger partial charge in [0.1, 0.15) is 6.61 Å². The highest BCUT2D eigenvalue weighted by Crippen LogP contribution is 2.23. The molecule has 0 fully saturated rings. The van der Waals surface area contributed by atoms with Crippen LogP contribution in [0.5, 0.6) is 11.5 Å². The number of aryl methyl sites for hydroxylation is 1. The molecule has 2 aromatic carbocycles. The first-order valence-electron chi connectivity index (χ1n) is 6.49. The van der Waals surface area contributed by atoms with Gasteiger partial charge in [-0.1, -0.05) is 12.1 Å². The van der Waals surface area contributed by atoms with Crippen molar-refractivity contribution < 1.29 is 18.3 Å². The molecule has 0 saturated heterocycles. The Labute approximate surface area is 122 Å². The number of nitrogens with two attached hydrogens (primary N) is 1. The van der Waals surface area contributed by atoms with E-state index in [9.17, 15) is 8.78 Å². The second-order valence-electron chi connectivity index (χ2n) is 4.75. The lowest BCUT2D eigenvalue weighted by atomic mass is 10.1. The van der Waals surface area contributed by atoms with Crippen LogP contribution in [0.1, 0.15) is 17.2 Å². The van der Waals surface area contributed by atoms with E-state index in [0.29, 0.717) is 5.56 Å². The highest BCUT2D eigenvalue weighted by molar-refractivity contribution is 5.32. The maximum Gasteiger partial charge on any atom is 0.165 e. The largest absolute Gasteiger partial charge is 0.494 e. The Bertz CT molecular complexity index is 632. The average Bonchev–Trinajstić information content (AvgIpc) is 2.47. The van der Waals surface area contributed by atoms with Crippen LogP contribution in [-0.4, -0.2) is 13.7 Å². The van der Waals surface area contributed by atoms with Gasteiger partial charge in [-0.15, -0.1) is 0 Å². The van der Waals surface area contributed by atoms with Gasteiger partial charge in [0.25, 0.3) is 0 Å². The van der Waals surface area contributed by atoms with Crippen molar-refractivity contribution in [2.24, 2.45) is 5.73 Å². The number of ether oxygens (including phenoxy) is 2. The number of rotatable bonds is 5. The highest BCUT2D eigenvalue weighted by Gasteiger charge is 2.12. The summed E-state index contributed by atoms with van der Waals surface area (Å²) in [5.41, 5.74) is 7.38. The third-order valence-electron chi connectivity index (χ3n) is 3.11. The number of hydrogen-bond acceptors (Lipinski definition) is 3. The fourth-order valence-electron chi connectivity index (χ4n) is 1.91. The molecule has 0 heterocycles. The molecule has 3 nitrogen and oxygen atoms in total. The van der Waals surface area contributed by atoms with E-state index in [-0.39, 0.29) is 18.1 Å². The van der Waals surface area contributed by atoms with Crippen LogP contribution in [-0.2, 0) is 0 Å². The Balaban J connectivity index is 2.06. The van der Waals surface area contributed by atoms with Gasteiger partial charge in [0.05, 0.1) is 13.2 Å². The SMILES string of the molecule is COc1ccc(C(N)COc2cc(C)ccc2F)cc1F. The first kappa shape index (κ1) is 15.3. The summed E-state index contributed by atoms with van der Waals surface area (Å²) in [5.74, 6) is -0.656. The lowest BCUT2D eigenvalue weighted by Crippen LogP contribution is -2.19. The molecule has 112 valence electrons. The topological polar surface area (TPSA) is 44.5 Å². The molecule has 0 spiro atoms. The van der Waals surface area contributed by atoms with Crippen molar-refractivity contribution in [2.75, 3.05) is 13.7 Å². The zero-order chi connectivity index (χ0) is 15.4. The Morgan fingerprint density at radius 1 is 1.05 bits per heavy atom. The van der Waals surface area contributed by atoms with E-state index in [0.717, 1.165) is 5.56 Å². The minimum Gasteiger partial charge on any atom is -0.494 e. The van der Waals surface area contributed by atoms with Gasteiger partial charge < -0.3 is 15.2 Å². The summed E-state index contributed by atoms with van der Waals surface area (Å²) < 4.78 is 37.4. The molecule has 0 aliphatic carbocycles. The van der Waals surface area contributed by atoms with E-state index in [1.54, 1.807) is 18.2 Å². The monoisotopic (exact) mass is 293 g/mol. The summed E-state index contributed by atoms with van der Waals surface area (Å²) in [6, 6.07) is 8.46. The van der Waals surface area contributed by atoms with Crippen LogP contribution in [0.25, 0.3) is 0 Å². The van der Waals surface area contributed by atoms with Gasteiger partial charge in [0.15, 0.2) is 23.1 Å². The lowest BCUT2D eigenvalue weighted by Gasteiger charge is -2.15. The standard InChI is InChI=1S/C16H17F2NO2/c1-10-3-5-12(17)16(7-10)21-9-14(19)11-4-6-15(20-2)13(18)8-11/h3-8,14H,9,19H2,1-2H3. The molecule has 0 aromatic heterocycles. The zero-order valence-electron chi connectivity index (χ0n) is 11.9. The molecule has 2 aromatic rings. The average molecular weight is 293 g/mol. The van der Waals surface area contributed by atoms with Gasteiger partial charge in [0.2, 0.25) is 0 Å². The number of halogens is 2. The molecule has 2 rings (SSSR count). The van der Waals surface area contributed by atoms with Crippen LogP contribution in [0.4, 0.5) is 8.78 Å². The predicted molar refractivity (Wildman–Crippen MR) is 76.5 cm³/mol. The first-order chi connectivity index (χ1) is 10.0. The summed E-state index contributed by atoms with van der Waals surface area (Å²) in [4.78, 5) is 0.